The SMILES string of the molecule is COC(=O)C1(OC(C)=O)OC[C@H](OC(C)=O)[C@@H](OC(C)=O)[C@@H]1OC(C)=O. The third-order valence-electron chi connectivity index (χ3n) is 3.18. The molecule has 1 rings (SSSR count). The second-order valence-corrected chi connectivity index (χ2v) is 5.32. The van der Waals surface area contributed by atoms with Crippen molar-refractivity contribution >= 4 is 29.8 Å². The van der Waals surface area contributed by atoms with Crippen LogP contribution in [0.15, 0.2) is 0 Å². The Balaban J connectivity index is 3.46. The summed E-state index contributed by atoms with van der Waals surface area (Å²) >= 11 is 0. The third-order valence-corrected chi connectivity index (χ3v) is 3.18. The Morgan fingerprint density at radius 3 is 1.81 bits per heavy atom. The van der Waals surface area contributed by atoms with Crippen LogP contribution in [0.5, 0.6) is 0 Å². The van der Waals surface area contributed by atoms with E-state index in [1.807, 2.05) is 0 Å². The number of carbonyl (C=O) groups is 5. The Hall–Kier alpha value is -2.69. The summed E-state index contributed by atoms with van der Waals surface area (Å²) in [6, 6.07) is 0. The maximum atomic E-state index is 12.3. The number of carbonyl (C=O) groups excluding carboxylic acids is 5. The van der Waals surface area contributed by atoms with Crippen LogP contribution >= 0.6 is 0 Å². The molecule has 1 fully saturated rings. The van der Waals surface area contributed by atoms with Crippen LogP contribution in [0.4, 0.5) is 0 Å². The zero-order chi connectivity index (χ0) is 20.1. The standard InChI is InChI=1S/C15H20O11/c1-7(16)23-11-6-22-15(14(20)21-5,26-10(4)19)13(25-9(3)18)12(11)24-8(2)17/h11-13H,6H2,1-5H3/t11-,12+,13-,15?/m0/s1. The van der Waals surface area contributed by atoms with Crippen LogP contribution in [0.25, 0.3) is 0 Å². The van der Waals surface area contributed by atoms with Crippen molar-refractivity contribution in [1.29, 1.82) is 0 Å². The van der Waals surface area contributed by atoms with Gasteiger partial charge in [0.1, 0.15) is 0 Å². The average molecular weight is 376 g/mol. The van der Waals surface area contributed by atoms with Gasteiger partial charge in [-0.3, -0.25) is 19.2 Å². The summed E-state index contributed by atoms with van der Waals surface area (Å²) in [6.07, 6.45) is -4.50. The molecular weight excluding hydrogens is 356 g/mol. The Bertz CT molecular complexity index is 598. The first-order chi connectivity index (χ1) is 12.0. The van der Waals surface area contributed by atoms with Gasteiger partial charge in [-0.15, -0.1) is 0 Å². The van der Waals surface area contributed by atoms with Gasteiger partial charge in [-0.1, -0.05) is 0 Å². The Labute approximate surface area is 148 Å². The van der Waals surface area contributed by atoms with Crippen LogP contribution in [0.3, 0.4) is 0 Å². The van der Waals surface area contributed by atoms with Crippen LogP contribution in [0, 0.1) is 0 Å². The number of methoxy groups -OCH3 is 1. The highest BCUT2D eigenvalue weighted by Crippen LogP contribution is 2.34. The smallest absolute Gasteiger partial charge is 0.383 e. The second kappa shape index (κ2) is 8.61. The zero-order valence-electron chi connectivity index (χ0n) is 14.9. The minimum atomic E-state index is -2.54. The molecule has 11 heteroatoms. The topological polar surface area (TPSA) is 141 Å². The van der Waals surface area contributed by atoms with Crippen molar-refractivity contribution in [2.75, 3.05) is 13.7 Å². The summed E-state index contributed by atoms with van der Waals surface area (Å²) < 4.78 is 30.0. The van der Waals surface area contributed by atoms with Crippen molar-refractivity contribution < 1.29 is 52.4 Å². The number of esters is 5. The molecule has 1 saturated heterocycles. The summed E-state index contributed by atoms with van der Waals surface area (Å²) in [5.74, 6) is -7.18. The maximum Gasteiger partial charge on any atom is 0.383 e. The van der Waals surface area contributed by atoms with E-state index in [-0.39, 0.29) is 0 Å². The quantitative estimate of drug-likeness (QED) is 0.442. The molecule has 4 atom stereocenters. The normalized spacial score (nSPS) is 27.7. The number of ether oxygens (including phenoxy) is 6. The van der Waals surface area contributed by atoms with E-state index in [1.165, 1.54) is 0 Å². The molecule has 1 heterocycles. The lowest BCUT2D eigenvalue weighted by molar-refractivity contribution is -0.321. The fourth-order valence-corrected chi connectivity index (χ4v) is 2.42. The molecule has 0 saturated carbocycles. The molecular formula is C15H20O11. The summed E-state index contributed by atoms with van der Waals surface area (Å²) in [7, 11) is 0.987. The first kappa shape index (κ1) is 21.4. The second-order valence-electron chi connectivity index (χ2n) is 5.32. The van der Waals surface area contributed by atoms with Gasteiger partial charge in [0.05, 0.1) is 13.7 Å². The molecule has 11 nitrogen and oxygen atoms in total. The third kappa shape index (κ3) is 4.91. The molecule has 0 aromatic carbocycles. The molecule has 0 bridgehead atoms. The highest BCUT2D eigenvalue weighted by atomic mass is 16.8. The van der Waals surface area contributed by atoms with E-state index >= 15 is 0 Å². The molecule has 0 N–H and O–H groups in total. The number of hydrogen-bond donors (Lipinski definition) is 0. The van der Waals surface area contributed by atoms with Gasteiger partial charge in [-0.2, -0.15) is 0 Å². The van der Waals surface area contributed by atoms with Crippen molar-refractivity contribution in [1.82, 2.24) is 0 Å². The summed E-state index contributed by atoms with van der Waals surface area (Å²) in [4.78, 5) is 58.1. The number of rotatable bonds is 5. The first-order valence-electron chi connectivity index (χ1n) is 7.47. The van der Waals surface area contributed by atoms with E-state index in [9.17, 15) is 24.0 Å². The van der Waals surface area contributed by atoms with Crippen LogP contribution in [-0.2, 0) is 52.4 Å². The van der Waals surface area contributed by atoms with Gasteiger partial charge >= 0.3 is 35.6 Å². The Kier molecular flexibility index (Phi) is 7.07. The molecule has 1 aliphatic heterocycles. The van der Waals surface area contributed by atoms with E-state index < -0.39 is 60.6 Å². The lowest BCUT2D eigenvalue weighted by atomic mass is 9.95. The fourth-order valence-electron chi connectivity index (χ4n) is 2.42. The van der Waals surface area contributed by atoms with E-state index in [0.29, 0.717) is 0 Å². The lowest BCUT2D eigenvalue weighted by Crippen LogP contribution is -2.68. The van der Waals surface area contributed by atoms with Crippen molar-refractivity contribution in [2.24, 2.45) is 0 Å². The van der Waals surface area contributed by atoms with Gasteiger partial charge in [0.25, 0.3) is 0 Å². The fraction of sp³-hybridized carbons (Fsp3) is 0.667. The van der Waals surface area contributed by atoms with E-state index in [4.69, 9.17) is 23.7 Å². The van der Waals surface area contributed by atoms with Gasteiger partial charge < -0.3 is 28.4 Å². The van der Waals surface area contributed by atoms with Gasteiger partial charge in [0.15, 0.2) is 12.2 Å². The first-order valence-corrected chi connectivity index (χ1v) is 7.47. The van der Waals surface area contributed by atoms with Gasteiger partial charge in [-0.05, 0) is 0 Å². The Morgan fingerprint density at radius 2 is 1.38 bits per heavy atom. The molecule has 146 valence electrons. The molecule has 1 unspecified atom stereocenters. The Morgan fingerprint density at radius 1 is 0.846 bits per heavy atom. The van der Waals surface area contributed by atoms with Crippen LogP contribution in [0.1, 0.15) is 27.7 Å². The molecule has 0 spiro atoms. The van der Waals surface area contributed by atoms with Gasteiger partial charge in [0.2, 0.25) is 6.10 Å². The van der Waals surface area contributed by atoms with E-state index in [0.717, 1.165) is 34.8 Å². The molecule has 0 aromatic rings. The maximum absolute atomic E-state index is 12.3. The minimum absolute atomic E-state index is 0.502. The van der Waals surface area contributed by atoms with E-state index in [1.54, 1.807) is 0 Å². The number of hydrogen-bond acceptors (Lipinski definition) is 11. The van der Waals surface area contributed by atoms with Gasteiger partial charge in [-0.25, -0.2) is 4.79 Å². The van der Waals surface area contributed by atoms with Crippen molar-refractivity contribution in [3.8, 4) is 0 Å². The minimum Gasteiger partial charge on any atom is -0.464 e. The lowest BCUT2D eigenvalue weighted by Gasteiger charge is -2.44. The van der Waals surface area contributed by atoms with Crippen molar-refractivity contribution in [3.05, 3.63) is 0 Å². The monoisotopic (exact) mass is 376 g/mol. The predicted octanol–water partition coefficient (Wildman–Crippen LogP) is -0.756. The average Bonchev–Trinajstić information content (AvgIpc) is 2.50. The van der Waals surface area contributed by atoms with Crippen molar-refractivity contribution in [3.63, 3.8) is 0 Å². The molecule has 26 heavy (non-hydrogen) atoms. The molecule has 1 aliphatic rings. The predicted molar refractivity (Wildman–Crippen MR) is 79.1 cm³/mol. The summed E-state index contributed by atoms with van der Waals surface area (Å²) in [5.41, 5.74) is 0. The molecule has 0 amide bonds. The van der Waals surface area contributed by atoms with Crippen LogP contribution in [-0.4, -0.2) is 67.7 Å². The van der Waals surface area contributed by atoms with Gasteiger partial charge in [0, 0.05) is 27.7 Å². The van der Waals surface area contributed by atoms with Crippen molar-refractivity contribution in [2.45, 2.75) is 51.8 Å². The highest BCUT2D eigenvalue weighted by molar-refractivity contribution is 5.83. The van der Waals surface area contributed by atoms with Crippen LogP contribution in [0.2, 0.25) is 0 Å². The highest BCUT2D eigenvalue weighted by Gasteiger charge is 2.64. The molecule has 0 radical (unpaired) electrons. The summed E-state index contributed by atoms with van der Waals surface area (Å²) in [6.45, 7) is 3.64. The molecule has 0 aromatic heterocycles. The summed E-state index contributed by atoms with van der Waals surface area (Å²) in [5, 5.41) is 0. The van der Waals surface area contributed by atoms with Crippen LogP contribution < -0.4 is 0 Å². The zero-order valence-corrected chi connectivity index (χ0v) is 14.9. The molecule has 0 aliphatic carbocycles. The largest absolute Gasteiger partial charge is 0.464 e. The van der Waals surface area contributed by atoms with E-state index in [2.05, 4.69) is 4.74 Å².